The summed E-state index contributed by atoms with van der Waals surface area (Å²) in [6.07, 6.45) is 3.49. The summed E-state index contributed by atoms with van der Waals surface area (Å²) in [7, 11) is 0. The minimum atomic E-state index is -1.07. The van der Waals surface area contributed by atoms with Gasteiger partial charge in [-0.15, -0.1) is 24.2 Å². The van der Waals surface area contributed by atoms with Crippen LogP contribution in [0.3, 0.4) is 0 Å². The monoisotopic (exact) mass is 276 g/mol. The Morgan fingerprint density at radius 1 is 1.65 bits per heavy atom. The molecule has 2 rings (SSSR count). The van der Waals surface area contributed by atoms with Crippen LogP contribution in [0.2, 0.25) is 0 Å². The van der Waals surface area contributed by atoms with Crippen molar-refractivity contribution in [3.63, 3.8) is 0 Å². The summed E-state index contributed by atoms with van der Waals surface area (Å²) in [6.45, 7) is 1.81. The maximum Gasteiger partial charge on any atom is 0.352 e. The average molecular weight is 277 g/mol. The molecule has 2 aliphatic heterocycles. The van der Waals surface area contributed by atoms with Crippen molar-refractivity contribution in [3.8, 4) is 0 Å². The number of allylic oxidation sites excluding steroid dienone is 2. The topological polar surface area (TPSA) is 83.6 Å². The summed E-state index contributed by atoms with van der Waals surface area (Å²) in [5.74, 6) is -0.802. The standard InChI is InChI=1S/C10H12N2O3S.ClH/c1-2-3-5-4-16-9-6(11)8(13)12(9)7(5)10(14)15;/h2-3,6,9H,4,11H2,1H3,(H,14,15);1H/b3-2+;/t6?,9-;/m1./s1. The molecule has 1 fully saturated rings. The fourth-order valence-electron chi connectivity index (χ4n) is 1.87. The van der Waals surface area contributed by atoms with Gasteiger partial charge >= 0.3 is 5.97 Å². The second kappa shape index (κ2) is 5.12. The van der Waals surface area contributed by atoms with Crippen LogP contribution in [-0.2, 0) is 9.59 Å². The lowest BCUT2D eigenvalue weighted by atomic mass is 10.0. The number of carbonyl (C=O) groups excluding carboxylic acids is 1. The number of halogens is 1. The zero-order valence-electron chi connectivity index (χ0n) is 9.12. The Bertz CT molecular complexity index is 422. The van der Waals surface area contributed by atoms with Crippen LogP contribution in [0.5, 0.6) is 0 Å². The predicted molar refractivity (Wildman–Crippen MR) is 67.8 cm³/mol. The Morgan fingerprint density at radius 3 is 2.82 bits per heavy atom. The van der Waals surface area contributed by atoms with Gasteiger partial charge in [0.15, 0.2) is 0 Å². The summed E-state index contributed by atoms with van der Waals surface area (Å²) in [4.78, 5) is 24.0. The average Bonchev–Trinajstić information content (AvgIpc) is 2.27. The van der Waals surface area contributed by atoms with Crippen molar-refractivity contribution in [2.45, 2.75) is 18.3 Å². The Morgan fingerprint density at radius 2 is 2.29 bits per heavy atom. The Labute approximate surface area is 109 Å². The quantitative estimate of drug-likeness (QED) is 0.720. The second-order valence-corrected chi connectivity index (χ2v) is 4.72. The fraction of sp³-hybridized carbons (Fsp3) is 0.400. The number of rotatable bonds is 2. The molecule has 2 heterocycles. The van der Waals surface area contributed by atoms with E-state index in [0.717, 1.165) is 0 Å². The molecule has 2 atom stereocenters. The molecule has 17 heavy (non-hydrogen) atoms. The molecule has 7 heteroatoms. The van der Waals surface area contributed by atoms with E-state index in [9.17, 15) is 9.59 Å². The van der Waals surface area contributed by atoms with Crippen LogP contribution in [0.1, 0.15) is 6.92 Å². The zero-order chi connectivity index (χ0) is 11.9. The molecule has 0 aromatic rings. The number of aliphatic carboxylic acids is 1. The van der Waals surface area contributed by atoms with Gasteiger partial charge in [0.2, 0.25) is 5.91 Å². The first-order valence-corrected chi connectivity index (χ1v) is 5.92. The first-order chi connectivity index (χ1) is 7.57. The molecular weight excluding hydrogens is 264 g/mol. The molecule has 0 radical (unpaired) electrons. The number of carbonyl (C=O) groups is 2. The van der Waals surface area contributed by atoms with Crippen LogP contribution in [0.25, 0.3) is 0 Å². The number of hydrogen-bond donors (Lipinski definition) is 2. The Hall–Kier alpha value is -0.980. The van der Waals surface area contributed by atoms with E-state index in [2.05, 4.69) is 0 Å². The lowest BCUT2D eigenvalue weighted by molar-refractivity contribution is -0.147. The lowest BCUT2D eigenvalue weighted by Gasteiger charge is -2.47. The first kappa shape index (κ1) is 14.1. The number of thioether (sulfide) groups is 1. The van der Waals surface area contributed by atoms with E-state index in [0.29, 0.717) is 11.3 Å². The van der Waals surface area contributed by atoms with Gasteiger partial charge in [-0.25, -0.2) is 4.79 Å². The van der Waals surface area contributed by atoms with E-state index in [1.54, 1.807) is 12.2 Å². The Balaban J connectivity index is 0.00000144. The molecule has 2 aliphatic rings. The molecule has 0 aromatic heterocycles. The molecular formula is C10H13ClN2O3S. The maximum absolute atomic E-state index is 11.5. The van der Waals surface area contributed by atoms with Gasteiger partial charge in [-0.3, -0.25) is 9.69 Å². The highest BCUT2D eigenvalue weighted by molar-refractivity contribution is 8.00. The van der Waals surface area contributed by atoms with Crippen molar-refractivity contribution < 1.29 is 14.7 Å². The summed E-state index contributed by atoms with van der Waals surface area (Å²) in [5.41, 5.74) is 6.35. The number of nitrogens with zero attached hydrogens (tertiary/aromatic N) is 1. The van der Waals surface area contributed by atoms with Crippen LogP contribution in [-0.4, -0.2) is 39.1 Å². The highest BCUT2D eigenvalue weighted by atomic mass is 35.5. The minimum absolute atomic E-state index is 0. The van der Waals surface area contributed by atoms with E-state index in [1.165, 1.54) is 16.7 Å². The molecule has 0 bridgehead atoms. The number of amides is 1. The van der Waals surface area contributed by atoms with Gasteiger partial charge in [-0.1, -0.05) is 12.2 Å². The van der Waals surface area contributed by atoms with Gasteiger partial charge in [-0.2, -0.15) is 0 Å². The molecule has 0 spiro atoms. The molecule has 3 N–H and O–H groups in total. The number of nitrogens with two attached hydrogens (primary N) is 1. The van der Waals surface area contributed by atoms with Crippen molar-refractivity contribution >= 4 is 36.0 Å². The predicted octanol–water partition coefficient (Wildman–Crippen LogP) is 0.565. The van der Waals surface area contributed by atoms with Crippen LogP contribution >= 0.6 is 24.2 Å². The first-order valence-electron chi connectivity index (χ1n) is 4.87. The molecule has 1 saturated heterocycles. The van der Waals surface area contributed by atoms with Crippen molar-refractivity contribution in [3.05, 3.63) is 23.4 Å². The molecule has 0 aliphatic carbocycles. The van der Waals surface area contributed by atoms with Crippen LogP contribution in [0.4, 0.5) is 0 Å². The molecule has 5 nitrogen and oxygen atoms in total. The SMILES string of the molecule is C/C=C/C1=C(C(=O)O)N2C(=O)C(N)[C@H]2SC1.Cl. The summed E-state index contributed by atoms with van der Waals surface area (Å²) >= 11 is 1.50. The molecule has 1 amide bonds. The van der Waals surface area contributed by atoms with Crippen LogP contribution in [0.15, 0.2) is 23.4 Å². The number of fused-ring (bicyclic) bond motifs is 1. The van der Waals surface area contributed by atoms with Gasteiger partial charge in [0.1, 0.15) is 17.1 Å². The van der Waals surface area contributed by atoms with Crippen molar-refractivity contribution in [1.82, 2.24) is 4.90 Å². The highest BCUT2D eigenvalue weighted by Crippen LogP contribution is 2.39. The van der Waals surface area contributed by atoms with E-state index in [-0.39, 0.29) is 29.4 Å². The van der Waals surface area contributed by atoms with Crippen molar-refractivity contribution in [2.75, 3.05) is 5.75 Å². The van der Waals surface area contributed by atoms with E-state index >= 15 is 0 Å². The van der Waals surface area contributed by atoms with E-state index in [1.807, 2.05) is 6.92 Å². The fourth-order valence-corrected chi connectivity index (χ4v) is 3.13. The Kier molecular flexibility index (Phi) is 4.24. The second-order valence-electron chi connectivity index (χ2n) is 3.61. The van der Waals surface area contributed by atoms with Gasteiger partial charge in [0.05, 0.1) is 0 Å². The third-order valence-corrected chi connectivity index (χ3v) is 3.93. The smallest absolute Gasteiger partial charge is 0.352 e. The molecule has 1 unspecified atom stereocenters. The third kappa shape index (κ3) is 2.08. The number of carboxylic acid groups (broad SMARTS) is 1. The molecule has 0 saturated carbocycles. The lowest BCUT2D eigenvalue weighted by Crippen LogP contribution is -2.68. The molecule has 0 aromatic carbocycles. The largest absolute Gasteiger partial charge is 0.477 e. The van der Waals surface area contributed by atoms with Gasteiger partial charge in [-0.05, 0) is 12.5 Å². The van der Waals surface area contributed by atoms with E-state index in [4.69, 9.17) is 10.8 Å². The van der Waals surface area contributed by atoms with Crippen LogP contribution in [0, 0.1) is 0 Å². The zero-order valence-corrected chi connectivity index (χ0v) is 10.8. The summed E-state index contributed by atoms with van der Waals surface area (Å²) in [5, 5.41) is 8.91. The van der Waals surface area contributed by atoms with Gasteiger partial charge < -0.3 is 10.8 Å². The maximum atomic E-state index is 11.5. The minimum Gasteiger partial charge on any atom is -0.477 e. The van der Waals surface area contributed by atoms with Crippen molar-refractivity contribution in [1.29, 1.82) is 0 Å². The molecule has 94 valence electrons. The normalized spacial score (nSPS) is 27.6. The number of carboxylic acids is 1. The number of hydrogen-bond acceptors (Lipinski definition) is 4. The van der Waals surface area contributed by atoms with Gasteiger partial charge in [0, 0.05) is 5.75 Å². The van der Waals surface area contributed by atoms with E-state index < -0.39 is 12.0 Å². The van der Waals surface area contributed by atoms with Crippen molar-refractivity contribution in [2.24, 2.45) is 5.73 Å². The third-order valence-electron chi connectivity index (χ3n) is 2.61. The van der Waals surface area contributed by atoms with Gasteiger partial charge in [0.25, 0.3) is 0 Å². The number of β-lactam (4-membered cyclic amide) rings is 1. The highest BCUT2D eigenvalue weighted by Gasteiger charge is 2.51. The summed E-state index contributed by atoms with van der Waals surface area (Å²) < 4.78 is 0. The summed E-state index contributed by atoms with van der Waals surface area (Å²) in [6, 6.07) is -0.563. The van der Waals surface area contributed by atoms with Crippen LogP contribution < -0.4 is 5.73 Å².